The van der Waals surface area contributed by atoms with E-state index in [1.165, 1.54) is 11.3 Å². The highest BCUT2D eigenvalue weighted by molar-refractivity contribution is 7.98. The molecule has 1 saturated heterocycles. The summed E-state index contributed by atoms with van der Waals surface area (Å²) in [6, 6.07) is 10.3. The Morgan fingerprint density at radius 1 is 1.44 bits per heavy atom. The van der Waals surface area contributed by atoms with Crippen LogP contribution >= 0.6 is 11.8 Å². The smallest absolute Gasteiger partial charge is 0.119 e. The van der Waals surface area contributed by atoms with Crippen LogP contribution in [0.4, 0.5) is 0 Å². The number of nitrogens with zero attached hydrogens (tertiary/aromatic N) is 2. The Hall–Kier alpha value is -1.96. The first kappa shape index (κ1) is 19.4. The number of nitriles is 1. The molecule has 4 heteroatoms. The van der Waals surface area contributed by atoms with Crippen LogP contribution in [0.25, 0.3) is 0 Å². The van der Waals surface area contributed by atoms with E-state index < -0.39 is 0 Å². The summed E-state index contributed by atoms with van der Waals surface area (Å²) in [5, 5.41) is 8.82. The van der Waals surface area contributed by atoms with E-state index in [9.17, 15) is 0 Å². The molecule has 0 radical (unpaired) electrons. The second-order valence-electron chi connectivity index (χ2n) is 6.25. The van der Waals surface area contributed by atoms with Gasteiger partial charge in [-0.05, 0) is 61.6 Å². The monoisotopic (exact) mass is 354 g/mol. The van der Waals surface area contributed by atoms with Crippen LogP contribution in [-0.2, 0) is 0 Å². The molecule has 0 spiro atoms. The lowest BCUT2D eigenvalue weighted by Crippen LogP contribution is -2.23. The molecule has 0 N–H and O–H groups in total. The van der Waals surface area contributed by atoms with Crippen LogP contribution in [0, 0.1) is 17.2 Å². The molecule has 0 bridgehead atoms. The largest absolute Gasteiger partial charge is 0.493 e. The molecule has 132 valence electrons. The van der Waals surface area contributed by atoms with Crippen LogP contribution < -0.4 is 4.74 Å². The summed E-state index contributed by atoms with van der Waals surface area (Å²) in [6.07, 6.45) is 7.78. The Balaban J connectivity index is 1.73. The number of benzene rings is 1. The van der Waals surface area contributed by atoms with Crippen molar-refractivity contribution in [3.05, 3.63) is 60.7 Å². The zero-order valence-electron chi connectivity index (χ0n) is 14.9. The summed E-state index contributed by atoms with van der Waals surface area (Å²) >= 11 is 1.74. The minimum Gasteiger partial charge on any atom is -0.493 e. The van der Waals surface area contributed by atoms with Gasteiger partial charge < -0.3 is 9.64 Å². The molecule has 1 aromatic rings. The maximum absolute atomic E-state index is 8.82. The highest BCUT2D eigenvalue weighted by Crippen LogP contribution is 2.22. The summed E-state index contributed by atoms with van der Waals surface area (Å²) in [5.41, 5.74) is 1.55. The molecule has 3 nitrogen and oxygen atoms in total. The number of hydrogen-bond donors (Lipinski definition) is 0. The molecular weight excluding hydrogens is 328 g/mol. The first-order valence-corrected chi connectivity index (χ1v) is 9.78. The lowest BCUT2D eigenvalue weighted by Gasteiger charge is -2.16. The Morgan fingerprint density at radius 3 is 2.84 bits per heavy atom. The van der Waals surface area contributed by atoms with Gasteiger partial charge in [-0.2, -0.15) is 5.26 Å². The fraction of sp³-hybridized carbons (Fsp3) is 0.381. The quantitative estimate of drug-likeness (QED) is 0.366. The van der Waals surface area contributed by atoms with Crippen LogP contribution in [0.2, 0.25) is 0 Å². The van der Waals surface area contributed by atoms with Gasteiger partial charge in [0.25, 0.3) is 0 Å². The number of likely N-dealkylation sites (tertiary alicyclic amines) is 1. The minimum atomic E-state index is 0.482. The maximum atomic E-state index is 8.82. The normalized spacial score (nSPS) is 17.9. The first-order valence-electron chi connectivity index (χ1n) is 8.55. The molecule has 1 atom stereocenters. The van der Waals surface area contributed by atoms with Crippen molar-refractivity contribution in [1.29, 1.82) is 5.26 Å². The fourth-order valence-electron chi connectivity index (χ4n) is 2.91. The van der Waals surface area contributed by atoms with Crippen molar-refractivity contribution in [2.45, 2.75) is 17.7 Å². The van der Waals surface area contributed by atoms with Crippen LogP contribution in [-0.4, -0.2) is 37.4 Å². The average molecular weight is 355 g/mol. The van der Waals surface area contributed by atoms with Crippen molar-refractivity contribution >= 4 is 11.8 Å². The van der Waals surface area contributed by atoms with E-state index >= 15 is 0 Å². The van der Waals surface area contributed by atoms with Crippen LogP contribution in [0.3, 0.4) is 0 Å². The van der Waals surface area contributed by atoms with E-state index in [4.69, 9.17) is 10.00 Å². The standard InChI is InChI=1S/C21H26N2OS/c1-4-18(13-17(2)14-22)9-11-23-12-10-19(15-23)16-24-20-5-7-21(25-3)8-6-20/h4-8,13,19H,1-2,9-12,15-16H2,3H3/b18-13+. The lowest BCUT2D eigenvalue weighted by molar-refractivity contribution is 0.241. The van der Waals surface area contributed by atoms with Gasteiger partial charge in [0.05, 0.1) is 12.7 Å². The van der Waals surface area contributed by atoms with Crippen molar-refractivity contribution in [2.24, 2.45) is 5.92 Å². The first-order chi connectivity index (χ1) is 12.1. The fourth-order valence-corrected chi connectivity index (χ4v) is 3.32. The molecule has 1 aromatic carbocycles. The van der Waals surface area contributed by atoms with Gasteiger partial charge in [-0.1, -0.05) is 19.2 Å². The lowest BCUT2D eigenvalue weighted by atomic mass is 10.1. The Morgan fingerprint density at radius 2 is 2.20 bits per heavy atom. The molecule has 0 aromatic heterocycles. The van der Waals surface area contributed by atoms with E-state index in [1.54, 1.807) is 11.8 Å². The number of rotatable bonds is 9. The highest BCUT2D eigenvalue weighted by Gasteiger charge is 2.22. The van der Waals surface area contributed by atoms with Gasteiger partial charge in [0.15, 0.2) is 0 Å². The molecule has 25 heavy (non-hydrogen) atoms. The number of hydrogen-bond acceptors (Lipinski definition) is 4. The van der Waals surface area contributed by atoms with Crippen molar-refractivity contribution in [1.82, 2.24) is 4.90 Å². The van der Waals surface area contributed by atoms with E-state index in [1.807, 2.05) is 24.3 Å². The third-order valence-corrected chi connectivity index (χ3v) is 5.14. The third-order valence-electron chi connectivity index (χ3n) is 4.40. The van der Waals surface area contributed by atoms with Gasteiger partial charge in [-0.3, -0.25) is 0 Å². The second-order valence-corrected chi connectivity index (χ2v) is 7.13. The van der Waals surface area contributed by atoms with E-state index in [0.717, 1.165) is 44.0 Å². The summed E-state index contributed by atoms with van der Waals surface area (Å²) < 4.78 is 5.94. The van der Waals surface area contributed by atoms with Crippen molar-refractivity contribution in [2.75, 3.05) is 32.5 Å². The summed E-state index contributed by atoms with van der Waals surface area (Å²) in [7, 11) is 0. The molecule has 0 amide bonds. The van der Waals surface area contributed by atoms with Gasteiger partial charge in [0.1, 0.15) is 5.75 Å². The van der Waals surface area contributed by atoms with Crippen LogP contribution in [0.5, 0.6) is 5.75 Å². The summed E-state index contributed by atoms with van der Waals surface area (Å²) in [4.78, 5) is 3.71. The Bertz CT molecular complexity index is 657. The SMILES string of the molecule is C=C/C(=C\C(=C)C#N)CCN1CCC(COc2ccc(SC)cc2)C1. The van der Waals surface area contributed by atoms with Crippen molar-refractivity contribution in [3.63, 3.8) is 0 Å². The molecular formula is C21H26N2OS. The van der Waals surface area contributed by atoms with Gasteiger partial charge in [-0.25, -0.2) is 0 Å². The molecule has 0 aliphatic carbocycles. The number of thioether (sulfide) groups is 1. The predicted octanol–water partition coefficient (Wildman–Crippen LogP) is 4.69. The van der Waals surface area contributed by atoms with Crippen LogP contribution in [0.15, 0.2) is 65.6 Å². The average Bonchev–Trinajstić information content (AvgIpc) is 3.11. The number of ether oxygens (including phenoxy) is 1. The van der Waals surface area contributed by atoms with Gasteiger partial charge in [0, 0.05) is 29.5 Å². The summed E-state index contributed by atoms with van der Waals surface area (Å²) in [6.45, 7) is 11.4. The topological polar surface area (TPSA) is 36.3 Å². The Labute approximate surface area is 155 Å². The minimum absolute atomic E-state index is 0.482. The third kappa shape index (κ3) is 6.45. The maximum Gasteiger partial charge on any atom is 0.119 e. The zero-order valence-corrected chi connectivity index (χ0v) is 15.7. The van der Waals surface area contributed by atoms with Crippen molar-refractivity contribution < 1.29 is 4.74 Å². The summed E-state index contributed by atoms with van der Waals surface area (Å²) in [5.74, 6) is 1.52. The highest BCUT2D eigenvalue weighted by atomic mass is 32.2. The van der Waals surface area contributed by atoms with Crippen molar-refractivity contribution in [3.8, 4) is 11.8 Å². The molecule has 1 aliphatic heterocycles. The van der Waals surface area contributed by atoms with E-state index in [2.05, 4.69) is 42.5 Å². The molecule has 1 aliphatic rings. The zero-order chi connectivity index (χ0) is 18.1. The van der Waals surface area contributed by atoms with Gasteiger partial charge in [-0.15, -0.1) is 11.8 Å². The second kappa shape index (κ2) is 10.1. The molecule has 2 rings (SSSR count). The number of allylic oxidation sites excluding steroid dienone is 3. The molecule has 1 unspecified atom stereocenters. The molecule has 1 heterocycles. The Kier molecular flexibility index (Phi) is 7.84. The molecule has 1 fully saturated rings. The predicted molar refractivity (Wildman–Crippen MR) is 106 cm³/mol. The van der Waals surface area contributed by atoms with Crippen LogP contribution in [0.1, 0.15) is 12.8 Å². The van der Waals surface area contributed by atoms with E-state index in [0.29, 0.717) is 11.5 Å². The van der Waals surface area contributed by atoms with E-state index in [-0.39, 0.29) is 0 Å². The van der Waals surface area contributed by atoms with Gasteiger partial charge in [0.2, 0.25) is 0 Å². The molecule has 0 saturated carbocycles. The van der Waals surface area contributed by atoms with Gasteiger partial charge >= 0.3 is 0 Å².